The van der Waals surface area contributed by atoms with Crippen molar-refractivity contribution >= 4 is 11.4 Å². The Bertz CT molecular complexity index is 1460. The van der Waals surface area contributed by atoms with Gasteiger partial charge in [-0.25, -0.2) is 18.9 Å². The van der Waals surface area contributed by atoms with Crippen LogP contribution in [-0.2, 0) is 13.5 Å². The first kappa shape index (κ1) is 19.8. The summed E-state index contributed by atoms with van der Waals surface area (Å²) in [6.45, 7) is 3.66. The number of aromatic nitrogens is 6. The van der Waals surface area contributed by atoms with Crippen LogP contribution in [0.1, 0.15) is 27.8 Å². The van der Waals surface area contributed by atoms with Crippen LogP contribution >= 0.6 is 0 Å². The molecule has 8 nitrogen and oxygen atoms in total. The number of hydrogen-bond donors (Lipinski definition) is 0. The zero-order valence-electron chi connectivity index (χ0n) is 17.7. The maximum atomic E-state index is 13.4. The molecule has 32 heavy (non-hydrogen) atoms. The number of carbonyl (C=O) groups excluding carboxylic acids is 1. The number of rotatable bonds is 5. The molecule has 0 bridgehead atoms. The fraction of sp³-hybridized carbons (Fsp3) is 0.174. The molecule has 0 fully saturated rings. The zero-order chi connectivity index (χ0) is 22.4. The van der Waals surface area contributed by atoms with Crippen LogP contribution in [0.2, 0.25) is 0 Å². The highest BCUT2D eigenvalue weighted by atomic mass is 19.1. The predicted octanol–water partition coefficient (Wildman–Crippen LogP) is 3.97. The molecule has 1 aromatic carbocycles. The van der Waals surface area contributed by atoms with Gasteiger partial charge in [0.05, 0.1) is 35.4 Å². The van der Waals surface area contributed by atoms with Crippen molar-refractivity contribution < 1.29 is 13.7 Å². The Morgan fingerprint density at radius 3 is 2.59 bits per heavy atom. The number of halogens is 1. The van der Waals surface area contributed by atoms with E-state index in [0.29, 0.717) is 28.4 Å². The fourth-order valence-corrected chi connectivity index (χ4v) is 3.60. The van der Waals surface area contributed by atoms with E-state index in [2.05, 4.69) is 15.1 Å². The molecule has 0 N–H and O–H groups in total. The summed E-state index contributed by atoms with van der Waals surface area (Å²) >= 11 is 0. The zero-order valence-corrected chi connectivity index (χ0v) is 17.7. The van der Waals surface area contributed by atoms with Gasteiger partial charge in [0, 0.05) is 18.7 Å². The Kier molecular flexibility index (Phi) is 4.66. The fourth-order valence-electron chi connectivity index (χ4n) is 3.60. The first-order valence-corrected chi connectivity index (χ1v) is 10.0. The summed E-state index contributed by atoms with van der Waals surface area (Å²) in [6.07, 6.45) is 1.81. The number of nitrogens with zero attached hydrogens (tertiary/aromatic N) is 6. The lowest BCUT2D eigenvalue weighted by atomic mass is 10.1. The highest BCUT2D eigenvalue weighted by Crippen LogP contribution is 2.31. The van der Waals surface area contributed by atoms with E-state index in [1.54, 1.807) is 35.8 Å². The van der Waals surface area contributed by atoms with Crippen molar-refractivity contribution in [2.45, 2.75) is 20.3 Å². The Morgan fingerprint density at radius 1 is 1.09 bits per heavy atom. The van der Waals surface area contributed by atoms with Gasteiger partial charge in [0.1, 0.15) is 17.3 Å². The minimum Gasteiger partial charge on any atom is -0.353 e. The average molecular weight is 430 g/mol. The van der Waals surface area contributed by atoms with Gasteiger partial charge in [-0.15, -0.1) is 0 Å². The van der Waals surface area contributed by atoms with Crippen molar-refractivity contribution in [3.63, 3.8) is 0 Å². The summed E-state index contributed by atoms with van der Waals surface area (Å²) in [7, 11) is 1.91. The van der Waals surface area contributed by atoms with E-state index in [4.69, 9.17) is 9.62 Å². The Balaban J connectivity index is 1.52. The van der Waals surface area contributed by atoms with E-state index in [0.717, 1.165) is 17.1 Å². The number of Topliss-reactive ketones (excluding diaryl/α,β-unsaturated/α-hetero) is 1. The minimum absolute atomic E-state index is 0.0823. The van der Waals surface area contributed by atoms with Crippen molar-refractivity contribution in [2.24, 2.45) is 7.05 Å². The second kappa shape index (κ2) is 7.52. The lowest BCUT2D eigenvalue weighted by Gasteiger charge is -2.07. The van der Waals surface area contributed by atoms with Crippen molar-refractivity contribution in [1.82, 2.24) is 29.3 Å². The molecule has 0 saturated carbocycles. The molecule has 0 saturated heterocycles. The summed E-state index contributed by atoms with van der Waals surface area (Å²) in [5, 5.41) is 8.45. The third-order valence-corrected chi connectivity index (χ3v) is 5.29. The van der Waals surface area contributed by atoms with Crippen molar-refractivity contribution in [3.8, 4) is 22.6 Å². The van der Waals surface area contributed by atoms with Gasteiger partial charge in [-0.2, -0.15) is 5.10 Å². The molecule has 4 aromatic heterocycles. The van der Waals surface area contributed by atoms with Crippen LogP contribution in [0.15, 0.2) is 53.2 Å². The molecule has 0 atom stereocenters. The van der Waals surface area contributed by atoms with Crippen LogP contribution in [0.4, 0.5) is 4.39 Å². The Hall–Kier alpha value is -4.14. The quantitative estimate of drug-likeness (QED) is 0.392. The highest BCUT2D eigenvalue weighted by Gasteiger charge is 2.19. The maximum absolute atomic E-state index is 13.4. The van der Waals surface area contributed by atoms with Crippen LogP contribution in [0.5, 0.6) is 0 Å². The van der Waals surface area contributed by atoms with Crippen LogP contribution < -0.4 is 0 Å². The summed E-state index contributed by atoms with van der Waals surface area (Å²) in [5.74, 6) is 0.515. The number of carbonyl (C=O) groups is 1. The van der Waals surface area contributed by atoms with Crippen LogP contribution in [-0.4, -0.2) is 35.1 Å². The van der Waals surface area contributed by atoms with Crippen molar-refractivity contribution in [1.29, 1.82) is 0 Å². The largest absolute Gasteiger partial charge is 0.353 e. The van der Waals surface area contributed by atoms with Crippen LogP contribution in [0.25, 0.3) is 28.3 Å². The lowest BCUT2D eigenvalue weighted by Crippen LogP contribution is -2.02. The van der Waals surface area contributed by atoms with E-state index in [1.807, 2.05) is 30.7 Å². The smallest absolute Gasteiger partial charge is 0.206 e. The first-order chi connectivity index (χ1) is 15.4. The molecule has 0 spiro atoms. The summed E-state index contributed by atoms with van der Waals surface area (Å²) in [6, 6.07) is 11.5. The van der Waals surface area contributed by atoms with E-state index in [9.17, 15) is 9.18 Å². The minimum atomic E-state index is -0.302. The van der Waals surface area contributed by atoms with Gasteiger partial charge in [-0.3, -0.25) is 4.79 Å². The van der Waals surface area contributed by atoms with Gasteiger partial charge in [-0.05, 0) is 50.2 Å². The van der Waals surface area contributed by atoms with E-state index >= 15 is 0 Å². The number of aryl methyl sites for hydroxylation is 2. The topological polar surface area (TPSA) is 91.1 Å². The molecule has 0 aliphatic carbocycles. The first-order valence-electron chi connectivity index (χ1n) is 10.0. The SMILES string of the molecule is Cc1cc(C(=O)Cc2cn3nc(-c4c(-c5ccc(F)cc5)nc(C)n4C)ccc3n2)on1. The molecule has 5 rings (SSSR count). The van der Waals surface area contributed by atoms with Crippen LogP contribution in [0, 0.1) is 19.7 Å². The summed E-state index contributed by atoms with van der Waals surface area (Å²) in [5.41, 5.74) is 4.85. The molecule has 4 heterocycles. The number of hydrogen-bond acceptors (Lipinski definition) is 6. The highest BCUT2D eigenvalue weighted by molar-refractivity contribution is 5.94. The van der Waals surface area contributed by atoms with Gasteiger partial charge in [-0.1, -0.05) is 5.16 Å². The number of imidazole rings is 2. The monoisotopic (exact) mass is 430 g/mol. The molecular formula is C23H19FN6O2. The molecule has 0 aliphatic heterocycles. The second-order valence-electron chi connectivity index (χ2n) is 7.61. The number of ketones is 1. The third-order valence-electron chi connectivity index (χ3n) is 5.29. The molecule has 0 aliphatic rings. The molecule has 0 amide bonds. The normalized spacial score (nSPS) is 11.4. The van der Waals surface area contributed by atoms with Gasteiger partial charge < -0.3 is 9.09 Å². The van der Waals surface area contributed by atoms with Gasteiger partial charge in [0.15, 0.2) is 5.65 Å². The van der Waals surface area contributed by atoms with Crippen molar-refractivity contribution in [2.75, 3.05) is 0 Å². The molecular weight excluding hydrogens is 411 g/mol. The number of benzene rings is 1. The second-order valence-corrected chi connectivity index (χ2v) is 7.61. The van der Waals surface area contributed by atoms with Gasteiger partial charge in [0.2, 0.25) is 11.5 Å². The Morgan fingerprint density at radius 2 is 1.88 bits per heavy atom. The van der Waals surface area contributed by atoms with Crippen molar-refractivity contribution in [3.05, 3.63) is 77.5 Å². The van der Waals surface area contributed by atoms with Crippen LogP contribution in [0.3, 0.4) is 0 Å². The number of fused-ring (bicyclic) bond motifs is 1. The van der Waals surface area contributed by atoms with E-state index in [1.165, 1.54) is 12.1 Å². The molecule has 160 valence electrons. The van der Waals surface area contributed by atoms with E-state index in [-0.39, 0.29) is 23.8 Å². The van der Waals surface area contributed by atoms with Gasteiger partial charge >= 0.3 is 0 Å². The molecule has 0 unspecified atom stereocenters. The predicted molar refractivity (Wildman–Crippen MR) is 115 cm³/mol. The van der Waals surface area contributed by atoms with E-state index < -0.39 is 0 Å². The Labute approximate surface area is 182 Å². The standard InChI is InChI=1S/C23H19FN6O2/c1-13-10-20(32-28-13)19(31)11-17-12-30-21(26-17)9-8-18(27-30)23-22(25-14(2)29(23)3)15-4-6-16(24)7-5-15/h4-10,12H,11H2,1-3H3. The molecule has 0 radical (unpaired) electrons. The molecule has 5 aromatic rings. The average Bonchev–Trinajstić information content (AvgIpc) is 3.45. The molecule has 9 heteroatoms. The summed E-state index contributed by atoms with van der Waals surface area (Å²) < 4.78 is 22.0. The summed E-state index contributed by atoms with van der Waals surface area (Å²) in [4.78, 5) is 21.6. The lowest BCUT2D eigenvalue weighted by molar-refractivity contribution is 0.0956. The van der Waals surface area contributed by atoms with Gasteiger partial charge in [0.25, 0.3) is 0 Å². The maximum Gasteiger partial charge on any atom is 0.206 e. The third kappa shape index (κ3) is 3.47.